The molecule has 0 radical (unpaired) electrons. The van der Waals surface area contributed by atoms with Gasteiger partial charge in [0.15, 0.2) is 5.78 Å². The number of hydrogen-bond donors (Lipinski definition) is 0. The first kappa shape index (κ1) is 25.1. The molecule has 1 aliphatic carbocycles. The molecular weight excluding hydrogens is 499 g/mol. The molecule has 0 unspecified atom stereocenters. The van der Waals surface area contributed by atoms with Gasteiger partial charge in [0.25, 0.3) is 5.91 Å². The highest BCUT2D eigenvalue weighted by molar-refractivity contribution is 7.89. The Morgan fingerprint density at radius 2 is 1.76 bits per heavy atom. The second-order valence-electron chi connectivity index (χ2n) is 8.50. The van der Waals surface area contributed by atoms with Crippen molar-refractivity contribution in [3.05, 3.63) is 63.6 Å². The van der Waals surface area contributed by atoms with Crippen molar-refractivity contribution in [2.45, 2.75) is 36.1 Å². The second-order valence-corrected chi connectivity index (χ2v) is 11.2. The maximum Gasteiger partial charge on any atom is 0.254 e. The van der Waals surface area contributed by atoms with Crippen LogP contribution in [0.5, 0.6) is 0 Å². The van der Waals surface area contributed by atoms with Gasteiger partial charge in [-0.1, -0.05) is 41.4 Å². The zero-order valence-corrected chi connectivity index (χ0v) is 21.1. The molecule has 2 aliphatic rings. The molecule has 1 aliphatic heterocycles. The highest BCUT2D eigenvalue weighted by atomic mass is 35.5. The number of nitrogens with zero attached hydrogens (tertiary/aromatic N) is 2. The number of hydrogen-bond acceptors (Lipinski definition) is 5. The van der Waals surface area contributed by atoms with Crippen molar-refractivity contribution in [2.75, 3.05) is 33.4 Å². The SMILES string of the molecule is CN(C(=O)c1ccc(Cl)c(S(=O)(=O)N2CCOCC2)c1)[C@@]1(c2ccccc2Cl)CCCCC1=O. The van der Waals surface area contributed by atoms with Gasteiger partial charge in [0.2, 0.25) is 10.0 Å². The van der Waals surface area contributed by atoms with E-state index in [9.17, 15) is 18.0 Å². The number of carbonyl (C=O) groups is 2. The molecule has 34 heavy (non-hydrogen) atoms. The van der Waals surface area contributed by atoms with E-state index in [0.29, 0.717) is 36.6 Å². The monoisotopic (exact) mass is 524 g/mol. The van der Waals surface area contributed by atoms with E-state index in [1.165, 1.54) is 27.4 Å². The Morgan fingerprint density at radius 1 is 1.06 bits per heavy atom. The van der Waals surface area contributed by atoms with Crippen molar-refractivity contribution < 1.29 is 22.7 Å². The predicted molar refractivity (Wildman–Crippen MR) is 130 cm³/mol. The van der Waals surface area contributed by atoms with Gasteiger partial charge in [0, 0.05) is 42.7 Å². The second kappa shape index (κ2) is 9.95. The molecule has 0 bridgehead atoms. The summed E-state index contributed by atoms with van der Waals surface area (Å²) in [5.41, 5.74) is -0.521. The fourth-order valence-corrected chi connectivity index (χ4v) is 6.96. The van der Waals surface area contributed by atoms with E-state index in [-0.39, 0.29) is 34.4 Å². The van der Waals surface area contributed by atoms with Crippen molar-refractivity contribution in [1.29, 1.82) is 0 Å². The minimum absolute atomic E-state index is 0.0280. The molecule has 0 spiro atoms. The summed E-state index contributed by atoms with van der Waals surface area (Å²) in [6, 6.07) is 11.2. The maximum absolute atomic E-state index is 13.7. The van der Waals surface area contributed by atoms with Gasteiger partial charge in [-0.3, -0.25) is 9.59 Å². The molecule has 0 N–H and O–H groups in total. The molecule has 1 saturated carbocycles. The van der Waals surface area contributed by atoms with Crippen LogP contribution >= 0.6 is 23.2 Å². The van der Waals surface area contributed by atoms with Crippen LogP contribution in [0.4, 0.5) is 0 Å². The summed E-state index contributed by atoms with van der Waals surface area (Å²) in [7, 11) is -2.35. The van der Waals surface area contributed by atoms with E-state index < -0.39 is 21.5 Å². The fourth-order valence-electron chi connectivity index (χ4n) is 4.76. The van der Waals surface area contributed by atoms with Crippen LogP contribution in [0.15, 0.2) is 47.4 Å². The molecule has 7 nitrogen and oxygen atoms in total. The number of benzene rings is 2. The van der Waals surface area contributed by atoms with Crippen LogP contribution in [0.1, 0.15) is 41.6 Å². The van der Waals surface area contributed by atoms with Gasteiger partial charge in [-0.2, -0.15) is 4.31 Å². The number of amides is 1. The van der Waals surface area contributed by atoms with Crippen molar-refractivity contribution >= 4 is 44.9 Å². The lowest BCUT2D eigenvalue weighted by molar-refractivity contribution is -0.132. The van der Waals surface area contributed by atoms with E-state index in [2.05, 4.69) is 0 Å². The third kappa shape index (κ3) is 4.38. The van der Waals surface area contributed by atoms with Gasteiger partial charge in [0.1, 0.15) is 10.4 Å². The summed E-state index contributed by atoms with van der Waals surface area (Å²) >= 11 is 12.8. The molecule has 1 saturated heterocycles. The summed E-state index contributed by atoms with van der Waals surface area (Å²) in [4.78, 5) is 28.3. The van der Waals surface area contributed by atoms with E-state index in [0.717, 1.165) is 12.8 Å². The van der Waals surface area contributed by atoms with Crippen LogP contribution < -0.4 is 0 Å². The van der Waals surface area contributed by atoms with Crippen molar-refractivity contribution in [3.8, 4) is 0 Å². The van der Waals surface area contributed by atoms with Crippen molar-refractivity contribution in [3.63, 3.8) is 0 Å². The number of morpholine rings is 1. The minimum Gasteiger partial charge on any atom is -0.379 e. The van der Waals surface area contributed by atoms with Crippen LogP contribution in [-0.4, -0.2) is 62.7 Å². The van der Waals surface area contributed by atoms with E-state index in [1.54, 1.807) is 31.3 Å². The molecule has 1 amide bonds. The standard InChI is InChI=1S/C24H26Cl2N2O5S/c1-27(24(11-5-4-8-22(24)29)18-6-2-3-7-19(18)25)23(30)17-9-10-20(26)21(16-17)34(31,32)28-12-14-33-15-13-28/h2-3,6-7,9-10,16H,4-5,8,11-15H2,1H3/t24-/m1/s1. The normalized spacial score (nSPS) is 21.9. The van der Waals surface area contributed by atoms with Crippen LogP contribution in [0, 0.1) is 0 Å². The Hall–Kier alpha value is -1.97. The molecular formula is C24H26Cl2N2O5S. The summed E-state index contributed by atoms with van der Waals surface area (Å²) in [6.45, 7) is 1.00. The van der Waals surface area contributed by atoms with E-state index >= 15 is 0 Å². The lowest BCUT2D eigenvalue weighted by Crippen LogP contribution is -2.54. The quantitative estimate of drug-likeness (QED) is 0.587. The first-order valence-electron chi connectivity index (χ1n) is 11.1. The van der Waals surface area contributed by atoms with Gasteiger partial charge in [-0.05, 0) is 43.5 Å². The first-order valence-corrected chi connectivity index (χ1v) is 13.3. The van der Waals surface area contributed by atoms with Gasteiger partial charge in [-0.15, -0.1) is 0 Å². The minimum atomic E-state index is -3.92. The molecule has 0 aromatic heterocycles. The molecule has 1 heterocycles. The number of rotatable bonds is 5. The van der Waals surface area contributed by atoms with E-state index in [4.69, 9.17) is 27.9 Å². The topological polar surface area (TPSA) is 84.0 Å². The number of Topliss-reactive ketones (excluding diaryl/α,β-unsaturated/α-hetero) is 1. The molecule has 2 fully saturated rings. The Bertz CT molecular complexity index is 1210. The van der Waals surface area contributed by atoms with Crippen LogP contribution in [0.3, 0.4) is 0 Å². The van der Waals surface area contributed by atoms with Crippen LogP contribution in [0.2, 0.25) is 10.0 Å². The zero-order chi connectivity index (χ0) is 24.5. The predicted octanol–water partition coefficient (Wildman–Crippen LogP) is 4.12. The molecule has 2 aromatic rings. The number of ether oxygens (including phenoxy) is 1. The maximum atomic E-state index is 13.7. The molecule has 1 atom stereocenters. The zero-order valence-electron chi connectivity index (χ0n) is 18.8. The summed E-state index contributed by atoms with van der Waals surface area (Å²) in [6.07, 6.45) is 2.27. The third-order valence-corrected chi connectivity index (χ3v) is 9.33. The van der Waals surface area contributed by atoms with Crippen molar-refractivity contribution in [1.82, 2.24) is 9.21 Å². The summed E-state index contributed by atoms with van der Waals surface area (Å²) < 4.78 is 33.0. The number of sulfonamides is 1. The average molecular weight is 525 g/mol. The number of ketones is 1. The van der Waals surface area contributed by atoms with Gasteiger partial charge in [0.05, 0.1) is 18.2 Å². The summed E-state index contributed by atoms with van der Waals surface area (Å²) in [5.74, 6) is -0.567. The molecule has 10 heteroatoms. The number of likely N-dealkylation sites (N-methyl/N-ethyl adjacent to an activating group) is 1. The largest absolute Gasteiger partial charge is 0.379 e. The van der Waals surface area contributed by atoms with Gasteiger partial charge in [-0.25, -0.2) is 8.42 Å². The molecule has 182 valence electrons. The Balaban J connectivity index is 1.75. The van der Waals surface area contributed by atoms with E-state index in [1.807, 2.05) is 0 Å². The Labute approximate surface area is 209 Å². The van der Waals surface area contributed by atoms with Crippen molar-refractivity contribution in [2.24, 2.45) is 0 Å². The average Bonchev–Trinajstić information content (AvgIpc) is 2.85. The lowest BCUT2D eigenvalue weighted by Gasteiger charge is -2.44. The lowest BCUT2D eigenvalue weighted by atomic mass is 9.74. The Morgan fingerprint density at radius 3 is 2.44 bits per heavy atom. The third-order valence-electron chi connectivity index (χ3n) is 6.62. The highest BCUT2D eigenvalue weighted by Gasteiger charge is 2.48. The Kier molecular flexibility index (Phi) is 7.36. The first-order chi connectivity index (χ1) is 16.2. The van der Waals surface area contributed by atoms with Crippen LogP contribution in [0.25, 0.3) is 0 Å². The fraction of sp³-hybridized carbons (Fsp3) is 0.417. The summed E-state index contributed by atoms with van der Waals surface area (Å²) in [5, 5.41) is 0.435. The van der Waals surface area contributed by atoms with Gasteiger partial charge >= 0.3 is 0 Å². The molecule has 4 rings (SSSR count). The number of carbonyl (C=O) groups excluding carboxylic acids is 2. The smallest absolute Gasteiger partial charge is 0.254 e. The molecule has 2 aromatic carbocycles. The number of halogens is 2. The highest BCUT2D eigenvalue weighted by Crippen LogP contribution is 2.43. The van der Waals surface area contributed by atoms with Gasteiger partial charge < -0.3 is 9.64 Å². The van der Waals surface area contributed by atoms with Crippen LogP contribution in [-0.2, 0) is 25.1 Å².